The summed E-state index contributed by atoms with van der Waals surface area (Å²) in [6.07, 6.45) is 0.586. The molecule has 6 heteroatoms. The Morgan fingerprint density at radius 1 is 1.35 bits per heavy atom. The third kappa shape index (κ3) is 3.93. The fourth-order valence-corrected chi connectivity index (χ4v) is 2.11. The van der Waals surface area contributed by atoms with Crippen molar-refractivity contribution in [3.05, 3.63) is 0 Å². The smallest absolute Gasteiger partial charge is 0.248 e. The lowest BCUT2D eigenvalue weighted by Gasteiger charge is -2.42. The van der Waals surface area contributed by atoms with Gasteiger partial charge in [-0.05, 0) is 34.4 Å². The van der Waals surface area contributed by atoms with Gasteiger partial charge in [-0.25, -0.2) is 0 Å². The van der Waals surface area contributed by atoms with Gasteiger partial charge in [0.15, 0.2) is 0 Å². The Balaban J connectivity index is 2.53. The van der Waals surface area contributed by atoms with Gasteiger partial charge in [0, 0.05) is 13.1 Å². The Morgan fingerprint density at radius 2 is 2.00 bits per heavy atom. The van der Waals surface area contributed by atoms with E-state index >= 15 is 0 Å². The van der Waals surface area contributed by atoms with Gasteiger partial charge < -0.3 is 19.9 Å². The normalized spacial score (nSPS) is 27.1. The highest BCUT2D eigenvalue weighted by molar-refractivity contribution is 5.99. The van der Waals surface area contributed by atoms with E-state index in [9.17, 15) is 9.59 Å². The van der Waals surface area contributed by atoms with Crippen LogP contribution in [0.15, 0.2) is 0 Å². The largest absolute Gasteiger partial charge is 0.378 e. The summed E-state index contributed by atoms with van der Waals surface area (Å²) in [5.41, 5.74) is -0.784. The minimum Gasteiger partial charge on any atom is -0.378 e. The van der Waals surface area contributed by atoms with Crippen LogP contribution in [0.4, 0.5) is 0 Å². The Labute approximate surface area is 121 Å². The van der Waals surface area contributed by atoms with Crippen LogP contribution in [-0.2, 0) is 14.3 Å². The van der Waals surface area contributed by atoms with Crippen molar-refractivity contribution in [3.8, 4) is 0 Å². The highest BCUT2D eigenvalue weighted by atomic mass is 16.5. The Hall–Kier alpha value is -1.14. The predicted octanol–water partition coefficient (Wildman–Crippen LogP) is 0.0802. The van der Waals surface area contributed by atoms with Gasteiger partial charge in [0.1, 0.15) is 11.6 Å². The van der Waals surface area contributed by atoms with Gasteiger partial charge in [0.2, 0.25) is 11.8 Å². The predicted molar refractivity (Wildman–Crippen MR) is 77.4 cm³/mol. The number of nitrogens with one attached hydrogen (secondary N) is 1. The molecule has 1 N–H and O–H groups in total. The maximum atomic E-state index is 12.5. The van der Waals surface area contributed by atoms with E-state index in [2.05, 4.69) is 5.32 Å². The quantitative estimate of drug-likeness (QED) is 0.673. The van der Waals surface area contributed by atoms with Gasteiger partial charge in [-0.1, -0.05) is 6.92 Å². The molecular weight excluding hydrogens is 258 g/mol. The number of likely N-dealkylation sites (N-methyl/N-ethyl adjacent to an activating group) is 1. The number of carbonyl (C=O) groups excluding carboxylic acids is 2. The van der Waals surface area contributed by atoms with Crippen LogP contribution in [0.2, 0.25) is 0 Å². The second-order valence-electron chi connectivity index (χ2n) is 5.77. The van der Waals surface area contributed by atoms with E-state index in [1.54, 1.807) is 18.7 Å². The van der Waals surface area contributed by atoms with Crippen LogP contribution in [0, 0.1) is 0 Å². The summed E-state index contributed by atoms with van der Waals surface area (Å²) in [5, 5.41) is 2.81. The molecule has 1 aliphatic rings. The maximum Gasteiger partial charge on any atom is 0.248 e. The Bertz CT molecular complexity index is 360. The van der Waals surface area contributed by atoms with E-state index in [0.717, 1.165) is 6.54 Å². The lowest BCUT2D eigenvalue weighted by Crippen LogP contribution is -2.68. The van der Waals surface area contributed by atoms with E-state index in [4.69, 9.17) is 4.74 Å². The molecule has 0 spiro atoms. The summed E-state index contributed by atoms with van der Waals surface area (Å²) < 4.78 is 5.51. The van der Waals surface area contributed by atoms with Crippen molar-refractivity contribution in [2.24, 2.45) is 0 Å². The summed E-state index contributed by atoms with van der Waals surface area (Å²) in [4.78, 5) is 28.1. The lowest BCUT2D eigenvalue weighted by atomic mass is 9.92. The number of amides is 2. The van der Waals surface area contributed by atoms with Crippen LogP contribution in [0.1, 0.15) is 27.2 Å². The van der Waals surface area contributed by atoms with Crippen molar-refractivity contribution in [2.45, 2.75) is 38.8 Å². The van der Waals surface area contributed by atoms with Gasteiger partial charge in [0.25, 0.3) is 0 Å². The molecule has 0 saturated carbocycles. The molecule has 2 unspecified atom stereocenters. The van der Waals surface area contributed by atoms with Gasteiger partial charge in [-0.15, -0.1) is 0 Å². The van der Waals surface area contributed by atoms with Crippen molar-refractivity contribution in [2.75, 3.05) is 40.4 Å². The minimum atomic E-state index is -0.784. The van der Waals surface area contributed by atoms with Crippen molar-refractivity contribution in [3.63, 3.8) is 0 Å². The van der Waals surface area contributed by atoms with E-state index in [1.165, 1.54) is 0 Å². The average Bonchev–Trinajstić information content (AvgIpc) is 2.39. The zero-order valence-electron chi connectivity index (χ0n) is 13.2. The second-order valence-corrected chi connectivity index (χ2v) is 5.77. The first-order chi connectivity index (χ1) is 9.31. The van der Waals surface area contributed by atoms with Crippen LogP contribution in [0.3, 0.4) is 0 Å². The number of rotatable bonds is 7. The molecule has 1 saturated heterocycles. The third-order valence-electron chi connectivity index (χ3n) is 3.85. The Morgan fingerprint density at radius 3 is 2.55 bits per heavy atom. The standard InChI is InChI=1S/C14H27N3O3/c1-6-14(3)13(19)17(11(2)12(18)15-14)8-10-20-9-7-16(4)5/h11H,6-10H2,1-5H3,(H,15,18). The summed E-state index contributed by atoms with van der Waals surface area (Å²) in [6, 6.07) is -0.431. The number of hydrogen-bond acceptors (Lipinski definition) is 4. The maximum absolute atomic E-state index is 12.5. The number of nitrogens with zero attached hydrogens (tertiary/aromatic N) is 2. The zero-order valence-corrected chi connectivity index (χ0v) is 13.2. The fraction of sp³-hybridized carbons (Fsp3) is 0.857. The summed E-state index contributed by atoms with van der Waals surface area (Å²) in [6.45, 7) is 7.81. The first-order valence-electron chi connectivity index (χ1n) is 7.17. The highest BCUT2D eigenvalue weighted by Gasteiger charge is 2.44. The molecule has 1 fully saturated rings. The molecule has 116 valence electrons. The fourth-order valence-electron chi connectivity index (χ4n) is 2.11. The molecule has 0 bridgehead atoms. The van der Waals surface area contributed by atoms with Crippen LogP contribution in [0.25, 0.3) is 0 Å². The molecule has 0 aromatic carbocycles. The molecule has 0 aromatic rings. The van der Waals surface area contributed by atoms with Crippen LogP contribution in [0.5, 0.6) is 0 Å². The van der Waals surface area contributed by atoms with Gasteiger partial charge in [-0.3, -0.25) is 9.59 Å². The average molecular weight is 285 g/mol. The van der Waals surface area contributed by atoms with E-state index < -0.39 is 11.6 Å². The molecule has 2 atom stereocenters. The SMILES string of the molecule is CCC1(C)NC(=O)C(C)N(CCOCCN(C)C)C1=O. The number of carbonyl (C=O) groups is 2. The zero-order chi connectivity index (χ0) is 15.3. The molecule has 1 heterocycles. The molecule has 0 aromatic heterocycles. The van der Waals surface area contributed by atoms with Crippen molar-refractivity contribution < 1.29 is 14.3 Å². The third-order valence-corrected chi connectivity index (χ3v) is 3.85. The van der Waals surface area contributed by atoms with E-state index in [1.807, 2.05) is 25.9 Å². The number of hydrogen-bond donors (Lipinski definition) is 1. The number of piperazine rings is 1. The van der Waals surface area contributed by atoms with Crippen molar-refractivity contribution in [1.29, 1.82) is 0 Å². The molecule has 0 aliphatic carbocycles. The lowest BCUT2D eigenvalue weighted by molar-refractivity contribution is -0.154. The summed E-state index contributed by atoms with van der Waals surface area (Å²) in [7, 11) is 3.97. The van der Waals surface area contributed by atoms with Crippen molar-refractivity contribution >= 4 is 11.8 Å². The first-order valence-corrected chi connectivity index (χ1v) is 7.17. The molecular formula is C14H27N3O3. The highest BCUT2D eigenvalue weighted by Crippen LogP contribution is 2.20. The molecule has 2 amide bonds. The minimum absolute atomic E-state index is 0.0247. The van der Waals surface area contributed by atoms with E-state index in [0.29, 0.717) is 26.2 Å². The summed E-state index contributed by atoms with van der Waals surface area (Å²) >= 11 is 0. The van der Waals surface area contributed by atoms with Gasteiger partial charge in [-0.2, -0.15) is 0 Å². The monoisotopic (exact) mass is 285 g/mol. The number of ether oxygens (including phenoxy) is 1. The first kappa shape index (κ1) is 16.9. The van der Waals surface area contributed by atoms with Gasteiger partial charge >= 0.3 is 0 Å². The summed E-state index contributed by atoms with van der Waals surface area (Å²) in [5.74, 6) is -0.120. The van der Waals surface area contributed by atoms with Crippen LogP contribution >= 0.6 is 0 Å². The molecule has 1 rings (SSSR count). The molecule has 0 radical (unpaired) electrons. The molecule has 1 aliphatic heterocycles. The van der Waals surface area contributed by atoms with Crippen LogP contribution in [-0.4, -0.2) is 73.6 Å². The van der Waals surface area contributed by atoms with Crippen LogP contribution < -0.4 is 5.32 Å². The Kier molecular flexibility index (Phi) is 5.95. The van der Waals surface area contributed by atoms with Gasteiger partial charge in [0.05, 0.1) is 13.2 Å². The topological polar surface area (TPSA) is 61.9 Å². The second kappa shape index (κ2) is 7.04. The van der Waals surface area contributed by atoms with E-state index in [-0.39, 0.29) is 11.8 Å². The molecule has 20 heavy (non-hydrogen) atoms. The van der Waals surface area contributed by atoms with Crippen molar-refractivity contribution in [1.82, 2.24) is 15.1 Å². The molecule has 6 nitrogen and oxygen atoms in total.